The summed E-state index contributed by atoms with van der Waals surface area (Å²) < 4.78 is 6.35. The molecule has 0 aliphatic heterocycles. The molecule has 2 nitrogen and oxygen atoms in total. The number of furan rings is 1. The first kappa shape index (κ1) is 11.7. The van der Waals surface area contributed by atoms with E-state index in [1.165, 1.54) is 5.56 Å². The Bertz CT molecular complexity index is 470. The van der Waals surface area contributed by atoms with E-state index in [4.69, 9.17) is 16.0 Å². The zero-order valence-electron chi connectivity index (χ0n) is 8.54. The lowest BCUT2D eigenvalue weighted by Crippen LogP contribution is -2.12. The molecule has 0 amide bonds. The van der Waals surface area contributed by atoms with E-state index in [-0.39, 0.29) is 0 Å². The Hall–Kier alpha value is -0.770. The van der Waals surface area contributed by atoms with Crippen LogP contribution >= 0.6 is 27.5 Å². The topological polar surface area (TPSA) is 25.2 Å². The van der Waals surface area contributed by atoms with Gasteiger partial charge in [0.1, 0.15) is 5.76 Å². The standard InChI is InChI=1S/C12H11BrClNO/c13-11-4-2-1-3-9(11)7-15-8-10-5-6-12(14)16-10/h1-6,15H,7-8H2. The third-order valence-corrected chi connectivity index (χ3v) is 3.18. The van der Waals surface area contributed by atoms with Crippen LogP contribution in [-0.4, -0.2) is 0 Å². The average molecular weight is 301 g/mol. The molecule has 0 atom stereocenters. The van der Waals surface area contributed by atoms with Gasteiger partial charge < -0.3 is 9.73 Å². The normalized spacial score (nSPS) is 10.6. The molecule has 1 aromatic carbocycles. The highest BCUT2D eigenvalue weighted by molar-refractivity contribution is 9.10. The number of benzene rings is 1. The molecular formula is C12H11BrClNO. The van der Waals surface area contributed by atoms with Gasteiger partial charge in [0.25, 0.3) is 0 Å². The van der Waals surface area contributed by atoms with Crippen molar-refractivity contribution in [2.45, 2.75) is 13.1 Å². The number of nitrogens with one attached hydrogen (secondary N) is 1. The molecule has 0 fully saturated rings. The molecule has 0 saturated carbocycles. The van der Waals surface area contributed by atoms with E-state index in [1.807, 2.05) is 24.3 Å². The molecule has 2 rings (SSSR count). The summed E-state index contributed by atoms with van der Waals surface area (Å²) in [6.45, 7) is 1.47. The largest absolute Gasteiger partial charge is 0.448 e. The van der Waals surface area contributed by atoms with Gasteiger partial charge in [-0.15, -0.1) is 0 Å². The summed E-state index contributed by atoms with van der Waals surface area (Å²) in [5, 5.41) is 3.72. The SMILES string of the molecule is Clc1ccc(CNCc2ccccc2Br)o1. The van der Waals surface area contributed by atoms with Crippen LogP contribution in [0.25, 0.3) is 0 Å². The van der Waals surface area contributed by atoms with Crippen molar-refractivity contribution in [2.75, 3.05) is 0 Å². The molecule has 0 radical (unpaired) electrons. The maximum Gasteiger partial charge on any atom is 0.193 e. The molecule has 1 aromatic heterocycles. The Morgan fingerprint density at radius 1 is 1.12 bits per heavy atom. The fourth-order valence-electron chi connectivity index (χ4n) is 1.41. The highest BCUT2D eigenvalue weighted by Crippen LogP contribution is 2.16. The summed E-state index contributed by atoms with van der Waals surface area (Å²) in [5.41, 5.74) is 1.22. The van der Waals surface area contributed by atoms with Gasteiger partial charge in [0.15, 0.2) is 5.22 Å². The number of hydrogen-bond acceptors (Lipinski definition) is 2. The Morgan fingerprint density at radius 3 is 2.62 bits per heavy atom. The van der Waals surface area contributed by atoms with Gasteiger partial charge >= 0.3 is 0 Å². The monoisotopic (exact) mass is 299 g/mol. The molecule has 0 aliphatic rings. The highest BCUT2D eigenvalue weighted by atomic mass is 79.9. The molecule has 1 heterocycles. The van der Waals surface area contributed by atoms with Gasteiger partial charge in [-0.05, 0) is 35.4 Å². The summed E-state index contributed by atoms with van der Waals surface area (Å²) in [4.78, 5) is 0. The van der Waals surface area contributed by atoms with E-state index in [0.29, 0.717) is 11.8 Å². The van der Waals surface area contributed by atoms with E-state index < -0.39 is 0 Å². The maximum absolute atomic E-state index is 5.68. The second-order valence-electron chi connectivity index (χ2n) is 3.40. The van der Waals surface area contributed by atoms with Crippen LogP contribution in [0.4, 0.5) is 0 Å². The molecule has 4 heteroatoms. The number of rotatable bonds is 4. The van der Waals surface area contributed by atoms with E-state index in [0.717, 1.165) is 16.8 Å². The van der Waals surface area contributed by atoms with E-state index >= 15 is 0 Å². The van der Waals surface area contributed by atoms with Gasteiger partial charge in [0.2, 0.25) is 0 Å². The Balaban J connectivity index is 1.87. The molecule has 2 aromatic rings. The molecule has 0 unspecified atom stereocenters. The Kier molecular flexibility index (Phi) is 4.04. The van der Waals surface area contributed by atoms with Crippen LogP contribution in [0, 0.1) is 0 Å². The first-order valence-electron chi connectivity index (χ1n) is 4.94. The molecule has 0 aliphatic carbocycles. The summed E-state index contributed by atoms with van der Waals surface area (Å²) in [6.07, 6.45) is 0. The minimum Gasteiger partial charge on any atom is -0.448 e. The maximum atomic E-state index is 5.68. The first-order chi connectivity index (χ1) is 7.75. The zero-order chi connectivity index (χ0) is 11.4. The van der Waals surface area contributed by atoms with E-state index in [2.05, 4.69) is 27.3 Å². The van der Waals surface area contributed by atoms with Gasteiger partial charge in [0, 0.05) is 11.0 Å². The minimum absolute atomic E-state index is 0.428. The van der Waals surface area contributed by atoms with Gasteiger partial charge in [-0.3, -0.25) is 0 Å². The van der Waals surface area contributed by atoms with Crippen molar-refractivity contribution in [3.8, 4) is 0 Å². The average Bonchev–Trinajstić information content (AvgIpc) is 2.67. The van der Waals surface area contributed by atoms with E-state index in [1.54, 1.807) is 6.07 Å². The third kappa shape index (κ3) is 3.11. The van der Waals surface area contributed by atoms with Crippen LogP contribution < -0.4 is 5.32 Å². The van der Waals surface area contributed by atoms with Gasteiger partial charge in [0.05, 0.1) is 6.54 Å². The molecule has 84 valence electrons. The highest BCUT2D eigenvalue weighted by Gasteiger charge is 2.01. The van der Waals surface area contributed by atoms with Gasteiger partial charge in [-0.25, -0.2) is 0 Å². The van der Waals surface area contributed by atoms with Crippen LogP contribution in [0.2, 0.25) is 5.22 Å². The molecular weight excluding hydrogens is 289 g/mol. The lowest BCUT2D eigenvalue weighted by atomic mass is 10.2. The molecule has 0 spiro atoms. The summed E-state index contributed by atoms with van der Waals surface area (Å²) in [7, 11) is 0. The van der Waals surface area contributed by atoms with Crippen molar-refractivity contribution in [2.24, 2.45) is 0 Å². The fourth-order valence-corrected chi connectivity index (χ4v) is 2.00. The summed E-state index contributed by atoms with van der Waals surface area (Å²) >= 11 is 9.18. The number of hydrogen-bond donors (Lipinski definition) is 1. The quantitative estimate of drug-likeness (QED) is 0.924. The fraction of sp³-hybridized carbons (Fsp3) is 0.167. The molecule has 16 heavy (non-hydrogen) atoms. The van der Waals surface area contributed by atoms with Crippen molar-refractivity contribution in [1.29, 1.82) is 0 Å². The summed E-state index contributed by atoms with van der Waals surface area (Å²) in [6, 6.07) is 11.7. The van der Waals surface area contributed by atoms with Crippen LogP contribution in [-0.2, 0) is 13.1 Å². The second-order valence-corrected chi connectivity index (χ2v) is 4.63. The second kappa shape index (κ2) is 5.53. The third-order valence-electron chi connectivity index (χ3n) is 2.20. The summed E-state index contributed by atoms with van der Waals surface area (Å²) in [5.74, 6) is 0.844. The Morgan fingerprint density at radius 2 is 1.94 bits per heavy atom. The van der Waals surface area contributed by atoms with Crippen molar-refractivity contribution in [3.63, 3.8) is 0 Å². The Labute approximate surface area is 108 Å². The van der Waals surface area contributed by atoms with Gasteiger partial charge in [-0.2, -0.15) is 0 Å². The van der Waals surface area contributed by atoms with Crippen molar-refractivity contribution in [3.05, 3.63) is 57.4 Å². The number of halogens is 2. The lowest BCUT2D eigenvalue weighted by Gasteiger charge is -2.04. The first-order valence-corrected chi connectivity index (χ1v) is 6.11. The van der Waals surface area contributed by atoms with Crippen molar-refractivity contribution >= 4 is 27.5 Å². The lowest BCUT2D eigenvalue weighted by molar-refractivity contribution is 0.484. The molecule has 1 N–H and O–H groups in total. The van der Waals surface area contributed by atoms with Crippen LogP contribution in [0.15, 0.2) is 45.3 Å². The van der Waals surface area contributed by atoms with Crippen molar-refractivity contribution in [1.82, 2.24) is 5.32 Å². The van der Waals surface area contributed by atoms with Crippen LogP contribution in [0.3, 0.4) is 0 Å². The van der Waals surface area contributed by atoms with Gasteiger partial charge in [-0.1, -0.05) is 34.1 Å². The smallest absolute Gasteiger partial charge is 0.193 e. The predicted molar refractivity (Wildman–Crippen MR) is 68.4 cm³/mol. The minimum atomic E-state index is 0.428. The van der Waals surface area contributed by atoms with Crippen LogP contribution in [0.1, 0.15) is 11.3 Å². The predicted octanol–water partition coefficient (Wildman–Crippen LogP) is 3.99. The van der Waals surface area contributed by atoms with E-state index in [9.17, 15) is 0 Å². The van der Waals surface area contributed by atoms with Crippen LogP contribution in [0.5, 0.6) is 0 Å². The zero-order valence-corrected chi connectivity index (χ0v) is 10.9. The molecule has 0 saturated heterocycles. The van der Waals surface area contributed by atoms with Crippen molar-refractivity contribution < 1.29 is 4.42 Å². The molecule has 0 bridgehead atoms.